The zero-order valence-corrected chi connectivity index (χ0v) is 18.8. The normalized spacial score (nSPS) is 15.1. The first kappa shape index (κ1) is 20.1. The minimum absolute atomic E-state index is 0.0510. The molecule has 8 heteroatoms. The molecular weight excluding hydrogens is 436 g/mol. The molecule has 1 aliphatic heterocycles. The van der Waals surface area contributed by atoms with E-state index >= 15 is 0 Å². The van der Waals surface area contributed by atoms with Gasteiger partial charge >= 0.3 is 0 Å². The van der Waals surface area contributed by atoms with Crippen LogP contribution < -0.4 is 5.56 Å². The van der Waals surface area contributed by atoms with E-state index in [0.29, 0.717) is 31.0 Å². The van der Waals surface area contributed by atoms with Crippen molar-refractivity contribution < 1.29 is 9.21 Å². The Morgan fingerprint density at radius 3 is 2.82 bits per heavy atom. The molecular formula is C25H22N4O3S. The first-order valence-corrected chi connectivity index (χ1v) is 11.9. The molecule has 5 aromatic rings. The van der Waals surface area contributed by atoms with Crippen LogP contribution in [0.4, 0.5) is 0 Å². The Kier molecular flexibility index (Phi) is 4.96. The molecule has 0 spiro atoms. The number of rotatable bonds is 4. The van der Waals surface area contributed by atoms with Crippen molar-refractivity contribution in [2.45, 2.75) is 13.0 Å². The van der Waals surface area contributed by atoms with Gasteiger partial charge in [0, 0.05) is 61.3 Å². The molecule has 6 rings (SSSR count). The fourth-order valence-corrected chi connectivity index (χ4v) is 5.37. The number of hydrogen-bond acceptors (Lipinski definition) is 6. The number of amides is 1. The van der Waals surface area contributed by atoms with Crippen molar-refractivity contribution in [1.29, 1.82) is 0 Å². The molecule has 1 aliphatic rings. The molecule has 0 bridgehead atoms. The maximum atomic E-state index is 13.1. The lowest BCUT2D eigenvalue weighted by Crippen LogP contribution is -2.48. The number of hydrogen-bond donors (Lipinski definition) is 0. The molecule has 0 saturated carbocycles. The van der Waals surface area contributed by atoms with Gasteiger partial charge in [0.15, 0.2) is 4.96 Å². The summed E-state index contributed by atoms with van der Waals surface area (Å²) in [5, 5.41) is 5.15. The van der Waals surface area contributed by atoms with Gasteiger partial charge in [-0.1, -0.05) is 30.3 Å². The average molecular weight is 459 g/mol. The van der Waals surface area contributed by atoms with E-state index in [1.54, 1.807) is 22.9 Å². The molecule has 0 unspecified atom stereocenters. The van der Waals surface area contributed by atoms with Crippen molar-refractivity contribution in [3.63, 3.8) is 0 Å². The summed E-state index contributed by atoms with van der Waals surface area (Å²) in [5.74, 6) is 0.113. The largest absolute Gasteiger partial charge is 0.464 e. The van der Waals surface area contributed by atoms with E-state index < -0.39 is 0 Å². The molecule has 0 radical (unpaired) electrons. The van der Waals surface area contributed by atoms with E-state index in [-0.39, 0.29) is 11.5 Å². The fraction of sp³-hybridized carbons (Fsp3) is 0.240. The molecule has 1 saturated heterocycles. The van der Waals surface area contributed by atoms with Gasteiger partial charge in [-0.05, 0) is 16.8 Å². The Bertz CT molecular complexity index is 1540. The standard InChI is InChI=1S/C25H22N4O3S/c30-22(13-18-16-32-21-6-5-17-3-1-2-4-20(17)24(18)21)28-9-7-27(8-10-28)15-19-14-23(31)29-11-12-33-25(29)26-19/h1-6,11-12,14,16H,7-10,13,15H2. The molecule has 0 N–H and O–H groups in total. The number of aromatic nitrogens is 2. The van der Waals surface area contributed by atoms with Gasteiger partial charge in [-0.3, -0.25) is 18.9 Å². The van der Waals surface area contributed by atoms with Gasteiger partial charge in [0.25, 0.3) is 5.56 Å². The predicted molar refractivity (Wildman–Crippen MR) is 129 cm³/mol. The monoisotopic (exact) mass is 458 g/mol. The lowest BCUT2D eigenvalue weighted by atomic mass is 10.0. The molecule has 2 aromatic carbocycles. The van der Waals surface area contributed by atoms with Gasteiger partial charge < -0.3 is 9.32 Å². The quantitative estimate of drug-likeness (QED) is 0.412. The molecule has 0 atom stereocenters. The van der Waals surface area contributed by atoms with Crippen molar-refractivity contribution in [1.82, 2.24) is 19.2 Å². The third-order valence-electron chi connectivity index (χ3n) is 6.35. The summed E-state index contributed by atoms with van der Waals surface area (Å²) in [6.45, 7) is 3.45. The highest BCUT2D eigenvalue weighted by atomic mass is 32.1. The van der Waals surface area contributed by atoms with Crippen LogP contribution in [0.25, 0.3) is 26.7 Å². The van der Waals surface area contributed by atoms with E-state index in [1.165, 1.54) is 11.3 Å². The summed E-state index contributed by atoms with van der Waals surface area (Å²) in [6.07, 6.45) is 3.79. The van der Waals surface area contributed by atoms with Crippen molar-refractivity contribution in [3.05, 3.63) is 81.9 Å². The van der Waals surface area contributed by atoms with E-state index in [4.69, 9.17) is 4.42 Å². The summed E-state index contributed by atoms with van der Waals surface area (Å²) in [5.41, 5.74) is 2.47. The van der Waals surface area contributed by atoms with Gasteiger partial charge in [-0.2, -0.15) is 0 Å². The predicted octanol–water partition coefficient (Wildman–Crippen LogP) is 3.54. The highest BCUT2D eigenvalue weighted by Gasteiger charge is 2.23. The Hall–Kier alpha value is -3.49. The molecule has 7 nitrogen and oxygen atoms in total. The molecule has 0 aliphatic carbocycles. The van der Waals surface area contributed by atoms with Crippen LogP contribution in [0.2, 0.25) is 0 Å². The maximum absolute atomic E-state index is 13.1. The molecule has 3 aromatic heterocycles. The van der Waals surface area contributed by atoms with Crippen LogP contribution in [0.3, 0.4) is 0 Å². The van der Waals surface area contributed by atoms with Gasteiger partial charge in [0.1, 0.15) is 5.58 Å². The minimum atomic E-state index is -0.0510. The Morgan fingerprint density at radius 1 is 1.09 bits per heavy atom. The van der Waals surface area contributed by atoms with Crippen LogP contribution in [0.1, 0.15) is 11.3 Å². The lowest BCUT2D eigenvalue weighted by molar-refractivity contribution is -0.132. The van der Waals surface area contributed by atoms with Crippen molar-refractivity contribution in [3.8, 4) is 0 Å². The Balaban J connectivity index is 1.13. The van der Waals surface area contributed by atoms with Crippen LogP contribution in [0.5, 0.6) is 0 Å². The highest BCUT2D eigenvalue weighted by Crippen LogP contribution is 2.30. The van der Waals surface area contributed by atoms with Crippen molar-refractivity contribution in [2.75, 3.05) is 26.2 Å². The van der Waals surface area contributed by atoms with E-state index in [9.17, 15) is 9.59 Å². The molecule has 4 heterocycles. The van der Waals surface area contributed by atoms with Crippen LogP contribution in [0, 0.1) is 0 Å². The van der Waals surface area contributed by atoms with Crippen LogP contribution in [-0.2, 0) is 17.8 Å². The van der Waals surface area contributed by atoms with Crippen LogP contribution in [0.15, 0.2) is 69.5 Å². The van der Waals surface area contributed by atoms with Gasteiger partial charge in [0.05, 0.1) is 18.4 Å². The molecule has 1 amide bonds. The summed E-state index contributed by atoms with van der Waals surface area (Å²) in [6, 6.07) is 13.8. The molecule has 166 valence electrons. The number of carbonyl (C=O) groups excluding carboxylic acids is 1. The third kappa shape index (κ3) is 3.71. The summed E-state index contributed by atoms with van der Waals surface area (Å²) >= 11 is 1.46. The third-order valence-corrected chi connectivity index (χ3v) is 7.11. The SMILES string of the molecule is O=C(Cc1coc2ccc3ccccc3c12)N1CCN(Cc2cc(=O)n3ccsc3n2)CC1. The molecule has 1 fully saturated rings. The first-order chi connectivity index (χ1) is 16.2. The number of piperazine rings is 1. The number of furan rings is 1. The fourth-order valence-electron chi connectivity index (χ4n) is 4.63. The Labute approximate surface area is 193 Å². The van der Waals surface area contributed by atoms with Gasteiger partial charge in [-0.15, -0.1) is 11.3 Å². The van der Waals surface area contributed by atoms with E-state index in [2.05, 4.69) is 22.0 Å². The van der Waals surface area contributed by atoms with Crippen LogP contribution in [-0.4, -0.2) is 51.3 Å². The van der Waals surface area contributed by atoms with Crippen LogP contribution >= 0.6 is 11.3 Å². The second-order valence-corrected chi connectivity index (χ2v) is 9.27. The number of nitrogens with zero attached hydrogens (tertiary/aromatic N) is 4. The second-order valence-electron chi connectivity index (χ2n) is 8.40. The number of fused-ring (bicyclic) bond motifs is 4. The van der Waals surface area contributed by atoms with E-state index in [0.717, 1.165) is 46.1 Å². The molecule has 33 heavy (non-hydrogen) atoms. The summed E-state index contributed by atoms with van der Waals surface area (Å²) < 4.78 is 7.31. The number of carbonyl (C=O) groups is 1. The van der Waals surface area contributed by atoms with Gasteiger partial charge in [0.2, 0.25) is 5.91 Å². The maximum Gasteiger partial charge on any atom is 0.258 e. The number of benzene rings is 2. The van der Waals surface area contributed by atoms with Gasteiger partial charge in [-0.25, -0.2) is 4.98 Å². The number of thiazole rings is 1. The van der Waals surface area contributed by atoms with Crippen molar-refractivity contribution >= 4 is 43.9 Å². The highest BCUT2D eigenvalue weighted by molar-refractivity contribution is 7.15. The van der Waals surface area contributed by atoms with Crippen molar-refractivity contribution in [2.24, 2.45) is 0 Å². The van der Waals surface area contributed by atoms with E-state index in [1.807, 2.05) is 34.5 Å². The zero-order valence-electron chi connectivity index (χ0n) is 17.9. The smallest absolute Gasteiger partial charge is 0.258 e. The second kappa shape index (κ2) is 8.13. The lowest BCUT2D eigenvalue weighted by Gasteiger charge is -2.34. The first-order valence-electron chi connectivity index (χ1n) is 11.0. The Morgan fingerprint density at radius 2 is 1.94 bits per heavy atom. The summed E-state index contributed by atoms with van der Waals surface area (Å²) in [4.78, 5) is 34.8. The zero-order chi connectivity index (χ0) is 22.4. The topological polar surface area (TPSA) is 71.1 Å². The summed E-state index contributed by atoms with van der Waals surface area (Å²) in [7, 11) is 0. The minimum Gasteiger partial charge on any atom is -0.464 e. The average Bonchev–Trinajstić information content (AvgIpc) is 3.47.